The van der Waals surface area contributed by atoms with E-state index < -0.39 is 12.0 Å². The first-order chi connectivity index (χ1) is 9.88. The molecule has 0 saturated carbocycles. The summed E-state index contributed by atoms with van der Waals surface area (Å²) in [6.45, 7) is 1.86. The van der Waals surface area contributed by atoms with Gasteiger partial charge in [-0.1, -0.05) is 12.1 Å². The zero-order valence-electron chi connectivity index (χ0n) is 12.1. The molecule has 2 atom stereocenters. The minimum atomic E-state index is -1.08. The topological polar surface area (TPSA) is 113 Å². The summed E-state index contributed by atoms with van der Waals surface area (Å²) in [5, 5.41) is 20.9. The van der Waals surface area contributed by atoms with Crippen LogP contribution in [0.1, 0.15) is 31.7 Å². The maximum absolute atomic E-state index is 11.7. The number of amides is 1. The van der Waals surface area contributed by atoms with Crippen LogP contribution in [0.15, 0.2) is 24.3 Å². The molecule has 1 aromatic rings. The lowest BCUT2D eigenvalue weighted by Gasteiger charge is -2.15. The average Bonchev–Trinajstić information content (AvgIpc) is 2.40. The fraction of sp³-hybridized carbons (Fsp3) is 0.467. The molecule has 1 rings (SSSR count). The fourth-order valence-corrected chi connectivity index (χ4v) is 1.92. The van der Waals surface area contributed by atoms with E-state index in [2.05, 4.69) is 5.32 Å². The standard InChI is InChI=1S/C15H22N2O4/c1-10(16)3-2-4-14(19)17-13(15(20)21)9-11-5-7-12(18)8-6-11/h5-8,10,13,18H,2-4,9,16H2,1H3,(H,17,19)(H,20,21)/t10?,13-/m1/s1. The van der Waals surface area contributed by atoms with E-state index in [1.54, 1.807) is 12.1 Å². The van der Waals surface area contributed by atoms with Gasteiger partial charge in [0, 0.05) is 18.9 Å². The molecule has 0 fully saturated rings. The molecule has 0 bridgehead atoms. The lowest BCUT2D eigenvalue weighted by atomic mass is 10.1. The third kappa shape index (κ3) is 6.76. The van der Waals surface area contributed by atoms with Crippen LogP contribution < -0.4 is 11.1 Å². The number of carbonyl (C=O) groups excluding carboxylic acids is 1. The Morgan fingerprint density at radius 1 is 1.29 bits per heavy atom. The van der Waals surface area contributed by atoms with Gasteiger partial charge in [0.2, 0.25) is 5.91 Å². The molecule has 0 aromatic heterocycles. The van der Waals surface area contributed by atoms with Crippen LogP contribution in [0.3, 0.4) is 0 Å². The first-order valence-corrected chi connectivity index (χ1v) is 6.94. The molecule has 6 nitrogen and oxygen atoms in total. The molecule has 5 N–H and O–H groups in total. The fourth-order valence-electron chi connectivity index (χ4n) is 1.92. The number of carboxylic acid groups (broad SMARTS) is 1. The van der Waals surface area contributed by atoms with E-state index in [9.17, 15) is 14.7 Å². The first kappa shape index (κ1) is 17.0. The Morgan fingerprint density at radius 2 is 1.90 bits per heavy atom. The number of nitrogens with two attached hydrogens (primary N) is 1. The summed E-state index contributed by atoms with van der Waals surface area (Å²) in [7, 11) is 0. The van der Waals surface area contributed by atoms with Gasteiger partial charge in [-0.15, -0.1) is 0 Å². The van der Waals surface area contributed by atoms with E-state index >= 15 is 0 Å². The van der Waals surface area contributed by atoms with Gasteiger partial charge in [-0.2, -0.15) is 0 Å². The zero-order chi connectivity index (χ0) is 15.8. The summed E-state index contributed by atoms with van der Waals surface area (Å²) in [6, 6.07) is 5.29. The molecular weight excluding hydrogens is 272 g/mol. The summed E-state index contributed by atoms with van der Waals surface area (Å²) >= 11 is 0. The van der Waals surface area contributed by atoms with E-state index in [0.717, 1.165) is 12.0 Å². The maximum Gasteiger partial charge on any atom is 0.326 e. The molecule has 6 heteroatoms. The Hall–Kier alpha value is -2.08. The van der Waals surface area contributed by atoms with Crippen molar-refractivity contribution in [2.75, 3.05) is 0 Å². The van der Waals surface area contributed by atoms with Gasteiger partial charge >= 0.3 is 5.97 Å². The second-order valence-corrected chi connectivity index (χ2v) is 5.20. The van der Waals surface area contributed by atoms with Gasteiger partial charge in [0.25, 0.3) is 0 Å². The van der Waals surface area contributed by atoms with Gasteiger partial charge in [-0.05, 0) is 37.5 Å². The number of nitrogens with one attached hydrogen (secondary N) is 1. The quantitative estimate of drug-likeness (QED) is 0.572. The van der Waals surface area contributed by atoms with Gasteiger partial charge in [0.1, 0.15) is 11.8 Å². The molecule has 0 aliphatic rings. The summed E-state index contributed by atoms with van der Waals surface area (Å²) < 4.78 is 0. The van der Waals surface area contributed by atoms with Crippen LogP contribution in [0.5, 0.6) is 5.75 Å². The van der Waals surface area contributed by atoms with Gasteiger partial charge < -0.3 is 21.3 Å². The van der Waals surface area contributed by atoms with Crippen molar-refractivity contribution in [1.29, 1.82) is 0 Å². The molecule has 1 unspecified atom stereocenters. The van der Waals surface area contributed by atoms with E-state index in [1.807, 2.05) is 6.92 Å². The van der Waals surface area contributed by atoms with Gasteiger partial charge in [-0.3, -0.25) is 4.79 Å². The minimum Gasteiger partial charge on any atom is -0.508 e. The van der Waals surface area contributed by atoms with Crippen molar-refractivity contribution in [2.45, 2.75) is 44.7 Å². The lowest BCUT2D eigenvalue weighted by molar-refractivity contribution is -0.141. The predicted molar refractivity (Wildman–Crippen MR) is 78.9 cm³/mol. The molecular formula is C15H22N2O4. The Kier molecular flexibility index (Phi) is 6.68. The van der Waals surface area contributed by atoms with E-state index in [4.69, 9.17) is 10.8 Å². The highest BCUT2D eigenvalue weighted by atomic mass is 16.4. The van der Waals surface area contributed by atoms with E-state index in [1.165, 1.54) is 12.1 Å². The van der Waals surface area contributed by atoms with Crippen LogP contribution in [0, 0.1) is 0 Å². The van der Waals surface area contributed by atoms with Crippen LogP contribution in [0.25, 0.3) is 0 Å². The number of carboxylic acids is 1. The minimum absolute atomic E-state index is 0.0325. The molecule has 0 spiro atoms. The zero-order valence-corrected chi connectivity index (χ0v) is 12.1. The van der Waals surface area contributed by atoms with Crippen LogP contribution in [0.4, 0.5) is 0 Å². The van der Waals surface area contributed by atoms with Gasteiger partial charge in [-0.25, -0.2) is 4.79 Å². The Labute approximate surface area is 124 Å². The second kappa shape index (κ2) is 8.26. The molecule has 0 aliphatic carbocycles. The van der Waals surface area contributed by atoms with Crippen LogP contribution in [0.2, 0.25) is 0 Å². The highest BCUT2D eigenvalue weighted by Gasteiger charge is 2.20. The molecule has 0 saturated heterocycles. The first-order valence-electron chi connectivity index (χ1n) is 6.94. The number of benzene rings is 1. The van der Waals surface area contributed by atoms with Gasteiger partial charge in [0.05, 0.1) is 0 Å². The number of phenolic OH excluding ortho intramolecular Hbond substituents is 1. The number of aliphatic carboxylic acids is 1. The molecule has 1 aromatic carbocycles. The number of hydrogen-bond acceptors (Lipinski definition) is 4. The number of phenols is 1. The summed E-state index contributed by atoms with van der Waals surface area (Å²) in [6.07, 6.45) is 1.80. The Bertz CT molecular complexity index is 471. The van der Waals surface area contributed by atoms with Crippen molar-refractivity contribution in [1.82, 2.24) is 5.32 Å². The maximum atomic E-state index is 11.7. The van der Waals surface area contributed by atoms with Crippen molar-refractivity contribution in [3.8, 4) is 5.75 Å². The molecule has 116 valence electrons. The molecule has 0 heterocycles. The number of aromatic hydroxyl groups is 1. The highest BCUT2D eigenvalue weighted by molar-refractivity contribution is 5.83. The van der Waals surface area contributed by atoms with Crippen molar-refractivity contribution < 1.29 is 19.8 Å². The number of rotatable bonds is 8. The third-order valence-corrected chi connectivity index (χ3v) is 3.07. The monoisotopic (exact) mass is 294 g/mol. The van der Waals surface area contributed by atoms with Crippen LogP contribution in [-0.2, 0) is 16.0 Å². The van der Waals surface area contributed by atoms with Gasteiger partial charge in [0.15, 0.2) is 0 Å². The number of hydrogen-bond donors (Lipinski definition) is 4. The highest BCUT2D eigenvalue weighted by Crippen LogP contribution is 2.11. The summed E-state index contributed by atoms with van der Waals surface area (Å²) in [4.78, 5) is 22.9. The summed E-state index contributed by atoms with van der Waals surface area (Å²) in [5.41, 5.74) is 6.33. The lowest BCUT2D eigenvalue weighted by Crippen LogP contribution is -2.42. The Morgan fingerprint density at radius 3 is 2.43 bits per heavy atom. The molecule has 21 heavy (non-hydrogen) atoms. The molecule has 1 amide bonds. The Balaban J connectivity index is 2.51. The average molecular weight is 294 g/mol. The largest absolute Gasteiger partial charge is 0.508 e. The van der Waals surface area contributed by atoms with Crippen molar-refractivity contribution >= 4 is 11.9 Å². The van der Waals surface area contributed by atoms with E-state index in [-0.39, 0.29) is 30.5 Å². The molecule has 0 aliphatic heterocycles. The number of carbonyl (C=O) groups is 2. The van der Waals surface area contributed by atoms with Crippen molar-refractivity contribution in [2.24, 2.45) is 5.73 Å². The summed E-state index contributed by atoms with van der Waals surface area (Å²) in [5.74, 6) is -1.25. The predicted octanol–water partition coefficient (Wildman–Crippen LogP) is 1.02. The van der Waals surface area contributed by atoms with E-state index in [0.29, 0.717) is 6.42 Å². The van der Waals surface area contributed by atoms with Crippen molar-refractivity contribution in [3.05, 3.63) is 29.8 Å². The third-order valence-electron chi connectivity index (χ3n) is 3.07. The second-order valence-electron chi connectivity index (χ2n) is 5.20. The molecule has 0 radical (unpaired) electrons. The normalized spacial score (nSPS) is 13.4. The van der Waals surface area contributed by atoms with Crippen LogP contribution in [-0.4, -0.2) is 34.2 Å². The smallest absolute Gasteiger partial charge is 0.326 e. The van der Waals surface area contributed by atoms with Crippen molar-refractivity contribution in [3.63, 3.8) is 0 Å². The SMILES string of the molecule is CC(N)CCCC(=O)N[C@H](Cc1ccc(O)cc1)C(=O)O. The van der Waals surface area contributed by atoms with Crippen LogP contribution >= 0.6 is 0 Å².